The first-order chi connectivity index (χ1) is 12.8. The fraction of sp³-hybridized carbons (Fsp3) is 1.00. The Hall–Kier alpha value is 0.350. The van der Waals surface area contributed by atoms with Crippen LogP contribution in [0.1, 0.15) is 0 Å². The van der Waals surface area contributed by atoms with Crippen LogP contribution in [0.5, 0.6) is 0 Å². The molecule has 5 N–H and O–H groups in total. The maximum atomic E-state index is 11.5. The zero-order chi connectivity index (χ0) is 21.3. The van der Waals surface area contributed by atoms with Crippen LogP contribution in [0.4, 0.5) is 0 Å². The number of aliphatic hydroxyl groups is 2. The van der Waals surface area contributed by atoms with Crippen molar-refractivity contribution in [2.24, 2.45) is 0 Å². The van der Waals surface area contributed by atoms with Crippen molar-refractivity contribution in [1.82, 2.24) is 0 Å². The molecule has 0 aliphatic carbocycles. The van der Waals surface area contributed by atoms with Gasteiger partial charge in [-0.2, -0.15) is 14.3 Å². The molecule has 2 aliphatic rings. The second kappa shape index (κ2) is 9.65. The van der Waals surface area contributed by atoms with Gasteiger partial charge in [0, 0.05) is 25.8 Å². The normalized spacial score (nSPS) is 41.2. The average molecular weight is 443 g/mol. The molecule has 0 bridgehead atoms. The van der Waals surface area contributed by atoms with Gasteiger partial charge >= 0.3 is 15.8 Å². The molecule has 16 heteroatoms. The summed E-state index contributed by atoms with van der Waals surface area (Å²) < 4.78 is 41.6. The Labute approximate surface area is 165 Å². The molecule has 0 saturated carbocycles. The Bertz CT molecular complexity index is 565. The highest BCUT2D eigenvalue weighted by molar-refractivity contribution is 7.54. The van der Waals surface area contributed by atoms with E-state index in [1.807, 2.05) is 0 Å². The predicted octanol–water partition coefficient (Wildman–Crippen LogP) is -2.59. The van der Waals surface area contributed by atoms with E-state index in [9.17, 15) is 29.5 Å². The first-order valence-electron chi connectivity index (χ1n) is 8.18. The quantitative estimate of drug-likeness (QED) is 0.186. The largest absolute Gasteiger partial charge is 0.570 e. The molecule has 4 radical (unpaired) electrons. The van der Waals surface area contributed by atoms with Gasteiger partial charge in [-0.15, -0.1) is 4.52 Å². The van der Waals surface area contributed by atoms with E-state index >= 15 is 0 Å². The van der Waals surface area contributed by atoms with E-state index in [4.69, 9.17) is 43.5 Å². The fourth-order valence-electron chi connectivity index (χ4n) is 2.81. The van der Waals surface area contributed by atoms with Gasteiger partial charge in [0.1, 0.15) is 52.8 Å². The van der Waals surface area contributed by atoms with Gasteiger partial charge in [-0.25, -0.2) is 0 Å². The summed E-state index contributed by atoms with van der Waals surface area (Å²) in [6, 6.07) is -2.37. The minimum absolute atomic E-state index is 0.0413. The molecule has 3 unspecified atom stereocenters. The van der Waals surface area contributed by atoms with Crippen LogP contribution in [0.15, 0.2) is 0 Å². The molecular formula is C12H23B2O12P2+. The van der Waals surface area contributed by atoms with E-state index in [0.717, 1.165) is 6.66 Å². The molecule has 12 nitrogen and oxygen atoms in total. The molecule has 9 atom stereocenters. The van der Waals surface area contributed by atoms with Crippen LogP contribution < -0.4 is 0 Å². The van der Waals surface area contributed by atoms with E-state index in [-0.39, 0.29) is 6.61 Å². The first-order valence-corrected chi connectivity index (χ1v) is 11.7. The number of hydrogen-bond donors (Lipinski definition) is 5. The van der Waals surface area contributed by atoms with Crippen LogP contribution in [0.2, 0.25) is 0 Å². The van der Waals surface area contributed by atoms with Crippen molar-refractivity contribution >= 4 is 31.5 Å². The van der Waals surface area contributed by atoms with E-state index < -0.39 is 71.0 Å². The lowest BCUT2D eigenvalue weighted by molar-refractivity contribution is -0.0442. The summed E-state index contributed by atoms with van der Waals surface area (Å²) in [5.41, 5.74) is 0. The molecule has 2 fully saturated rings. The minimum atomic E-state index is -4.53. The van der Waals surface area contributed by atoms with Crippen molar-refractivity contribution in [3.05, 3.63) is 0 Å². The molecular weight excluding hydrogens is 420 g/mol. The van der Waals surface area contributed by atoms with Gasteiger partial charge in [-0.05, 0) is 0 Å². The predicted molar refractivity (Wildman–Crippen MR) is 95.5 cm³/mol. The summed E-state index contributed by atoms with van der Waals surface area (Å²) in [5.74, 6) is 0. The number of methoxy groups -OCH3 is 1. The molecule has 0 aromatic carbocycles. The van der Waals surface area contributed by atoms with E-state index in [1.54, 1.807) is 0 Å². The molecule has 0 aromatic rings. The number of hydrogen-bond acceptors (Lipinski definition) is 11. The summed E-state index contributed by atoms with van der Waals surface area (Å²) in [4.78, 5) is 29.5. The number of ether oxygens (including phenoxy) is 3. The number of aliphatic hydroxyl groups excluding tert-OH is 2. The van der Waals surface area contributed by atoms with Crippen molar-refractivity contribution in [3.63, 3.8) is 0 Å². The maximum Gasteiger partial charge on any atom is 0.570 e. The molecule has 2 aliphatic heterocycles. The van der Waals surface area contributed by atoms with E-state index in [1.165, 1.54) is 7.11 Å². The second-order valence-electron chi connectivity index (χ2n) is 6.44. The van der Waals surface area contributed by atoms with Crippen molar-refractivity contribution in [1.29, 1.82) is 0 Å². The van der Waals surface area contributed by atoms with Crippen LogP contribution in [0.3, 0.4) is 0 Å². The average Bonchev–Trinajstić information content (AvgIpc) is 2.97. The van der Waals surface area contributed by atoms with Crippen molar-refractivity contribution in [2.45, 2.75) is 48.6 Å². The van der Waals surface area contributed by atoms with Gasteiger partial charge in [-0.3, -0.25) is 9.09 Å². The van der Waals surface area contributed by atoms with Gasteiger partial charge in [0.15, 0.2) is 6.10 Å². The lowest BCUT2D eigenvalue weighted by Gasteiger charge is -2.23. The monoisotopic (exact) mass is 443 g/mol. The van der Waals surface area contributed by atoms with Crippen LogP contribution in [0.25, 0.3) is 0 Å². The van der Waals surface area contributed by atoms with Crippen molar-refractivity contribution in [2.75, 3.05) is 27.0 Å². The van der Waals surface area contributed by atoms with Crippen molar-refractivity contribution in [3.8, 4) is 0 Å². The molecule has 0 aromatic heterocycles. The van der Waals surface area contributed by atoms with Gasteiger partial charge in [0.2, 0.25) is 0 Å². The second-order valence-corrected chi connectivity index (χ2v) is 9.71. The molecule has 28 heavy (non-hydrogen) atoms. The molecule has 2 rings (SSSR count). The van der Waals surface area contributed by atoms with Gasteiger partial charge in [0.25, 0.3) is 0 Å². The molecule has 2 heterocycles. The highest BCUT2D eigenvalue weighted by Gasteiger charge is 2.54. The summed E-state index contributed by atoms with van der Waals surface area (Å²) >= 11 is 0. The highest BCUT2D eigenvalue weighted by atomic mass is 31.2. The topological polar surface area (TPSA) is 174 Å². The summed E-state index contributed by atoms with van der Waals surface area (Å²) in [5, 5.41) is 19.9. The Morgan fingerprint density at radius 2 is 1.54 bits per heavy atom. The Balaban J connectivity index is 1.98. The highest BCUT2D eigenvalue weighted by Crippen LogP contribution is 2.55. The van der Waals surface area contributed by atoms with E-state index in [2.05, 4.69) is 0 Å². The SMILES string of the molecule is [B][C@@H]1O[C@H](CO[P+](O)(O)O[C@@H]2C(O)[C@H]([B])O[C@@H]2COC)[C@H](OP(C)(=O)O)C1O. The Kier molecular flexibility index (Phi) is 8.49. The summed E-state index contributed by atoms with van der Waals surface area (Å²) in [6.07, 6.45) is -7.52. The third kappa shape index (κ3) is 6.42. The van der Waals surface area contributed by atoms with Crippen molar-refractivity contribution < 1.29 is 57.2 Å². The smallest absolute Gasteiger partial charge is 0.388 e. The van der Waals surface area contributed by atoms with Gasteiger partial charge in [-0.1, -0.05) is 0 Å². The molecule has 0 amide bonds. The third-order valence-electron chi connectivity index (χ3n) is 4.06. The Morgan fingerprint density at radius 3 is 2.04 bits per heavy atom. The summed E-state index contributed by atoms with van der Waals surface area (Å²) in [6.45, 7) is 0.252. The fourth-order valence-corrected chi connectivity index (χ4v) is 4.50. The zero-order valence-corrected chi connectivity index (χ0v) is 17.0. The molecule has 158 valence electrons. The number of rotatable bonds is 9. The molecule has 0 spiro atoms. The van der Waals surface area contributed by atoms with E-state index in [0.29, 0.717) is 0 Å². The minimum Gasteiger partial charge on any atom is -0.388 e. The van der Waals surface area contributed by atoms with Crippen LogP contribution in [-0.4, -0.2) is 116 Å². The third-order valence-corrected chi connectivity index (χ3v) is 5.70. The van der Waals surface area contributed by atoms with Gasteiger partial charge in [0.05, 0.1) is 6.61 Å². The lowest BCUT2D eigenvalue weighted by atomic mass is 9.93. The maximum absolute atomic E-state index is 11.5. The first kappa shape index (κ1) is 24.6. The lowest BCUT2D eigenvalue weighted by Crippen LogP contribution is -2.38. The molecule has 2 saturated heterocycles. The van der Waals surface area contributed by atoms with Crippen LogP contribution >= 0.6 is 15.8 Å². The van der Waals surface area contributed by atoms with Crippen LogP contribution in [-0.2, 0) is 32.3 Å². The standard InChI is InChI=1S/C12H22B2O12P2/c1-21-3-5-10(8(16)12(14)23-5)26-28(19,20)22-4-6-9(25-27(2,17)18)7(15)11(13)24-6/h5-12,15-16,19-20H,3-4H2,1-2H3/p+1/t5-,6-,7?,8?,9+,10+,11-,12-/m1/s1. The van der Waals surface area contributed by atoms with Gasteiger partial charge < -0.3 is 29.3 Å². The zero-order valence-electron chi connectivity index (χ0n) is 15.2. The van der Waals surface area contributed by atoms with Crippen LogP contribution in [0, 0.1) is 0 Å². The Morgan fingerprint density at radius 1 is 1.04 bits per heavy atom. The summed E-state index contributed by atoms with van der Waals surface area (Å²) in [7, 11) is 3.92.